The Balaban J connectivity index is 0.00000220. The van der Waals surface area contributed by atoms with Crippen molar-refractivity contribution in [1.82, 2.24) is 20.1 Å². The largest absolute Gasteiger partial charge is 0.351 e. The fourth-order valence-corrected chi connectivity index (χ4v) is 2.59. The average Bonchev–Trinajstić information content (AvgIpc) is 3.01. The van der Waals surface area contributed by atoms with Crippen LogP contribution in [0.4, 0.5) is 0 Å². The maximum atomic E-state index is 11.8. The van der Waals surface area contributed by atoms with Crippen LogP contribution >= 0.6 is 23.7 Å². The quantitative estimate of drug-likeness (QED) is 0.789. The van der Waals surface area contributed by atoms with Gasteiger partial charge < -0.3 is 11.1 Å². The summed E-state index contributed by atoms with van der Waals surface area (Å²) in [5, 5.41) is 9.75. The van der Waals surface area contributed by atoms with Gasteiger partial charge in [-0.3, -0.25) is 9.48 Å². The van der Waals surface area contributed by atoms with Gasteiger partial charge in [-0.15, -0.1) is 23.7 Å². The minimum atomic E-state index is -0.144. The van der Waals surface area contributed by atoms with Crippen LogP contribution in [-0.4, -0.2) is 27.2 Å². The Morgan fingerprint density at radius 3 is 2.81 bits per heavy atom. The monoisotopic (exact) mass is 329 g/mol. The van der Waals surface area contributed by atoms with Gasteiger partial charge >= 0.3 is 0 Å². The summed E-state index contributed by atoms with van der Waals surface area (Å²) in [6.07, 6.45) is 0.835. The second kappa shape index (κ2) is 8.11. The number of carbonyl (C=O) groups is 1. The van der Waals surface area contributed by atoms with Crippen LogP contribution in [0.1, 0.15) is 33.3 Å². The van der Waals surface area contributed by atoms with Crippen LogP contribution < -0.4 is 11.1 Å². The van der Waals surface area contributed by atoms with Crippen LogP contribution in [-0.2, 0) is 13.1 Å². The Bertz CT molecular complexity index is 595. The molecule has 0 aliphatic heterocycles. The molecule has 0 bridgehead atoms. The van der Waals surface area contributed by atoms with E-state index in [2.05, 4.69) is 15.4 Å². The predicted molar refractivity (Wildman–Crippen MR) is 85.9 cm³/mol. The molecular weight excluding hydrogens is 310 g/mol. The van der Waals surface area contributed by atoms with Crippen molar-refractivity contribution < 1.29 is 4.79 Å². The molecular formula is C13H20ClN5OS. The number of nitrogens with one attached hydrogen (secondary N) is 1. The van der Waals surface area contributed by atoms with Crippen molar-refractivity contribution in [3.8, 4) is 0 Å². The molecule has 21 heavy (non-hydrogen) atoms. The van der Waals surface area contributed by atoms with Gasteiger partial charge in [-0.05, 0) is 26.3 Å². The molecule has 0 aromatic carbocycles. The number of aromatic nitrogens is 3. The highest BCUT2D eigenvalue weighted by Gasteiger charge is 2.09. The third-order valence-corrected chi connectivity index (χ3v) is 3.77. The Morgan fingerprint density at radius 2 is 2.24 bits per heavy atom. The zero-order valence-electron chi connectivity index (χ0n) is 12.1. The maximum Gasteiger partial charge on any atom is 0.270 e. The number of nitrogens with zero attached hydrogens (tertiary/aromatic N) is 3. The molecule has 0 aliphatic carbocycles. The molecule has 2 aromatic heterocycles. The molecule has 0 unspecified atom stereocenters. The first kappa shape index (κ1) is 17.6. The standard InChI is InChI=1S/C13H19N5OS.ClH/c1-9-6-10(2)18(17-9)5-3-4-15-13(19)11-8-20-12(7-14)16-11;/h6,8H,3-5,7,14H2,1-2H3,(H,15,19);1H. The first-order chi connectivity index (χ1) is 9.60. The second-order valence-corrected chi connectivity index (χ2v) is 5.53. The lowest BCUT2D eigenvalue weighted by Gasteiger charge is -2.05. The van der Waals surface area contributed by atoms with E-state index in [1.165, 1.54) is 11.3 Å². The zero-order valence-corrected chi connectivity index (χ0v) is 13.8. The van der Waals surface area contributed by atoms with Gasteiger partial charge in [0.25, 0.3) is 5.91 Å². The molecule has 0 saturated carbocycles. The number of carbonyl (C=O) groups excluding carboxylic acids is 1. The third-order valence-electron chi connectivity index (χ3n) is 2.89. The number of aryl methyl sites for hydroxylation is 3. The number of hydrogen-bond acceptors (Lipinski definition) is 5. The van der Waals surface area contributed by atoms with E-state index in [1.807, 2.05) is 24.6 Å². The van der Waals surface area contributed by atoms with Crippen LogP contribution in [0.25, 0.3) is 0 Å². The van der Waals surface area contributed by atoms with Gasteiger partial charge in [-0.2, -0.15) is 5.10 Å². The lowest BCUT2D eigenvalue weighted by molar-refractivity contribution is 0.0948. The number of amides is 1. The van der Waals surface area contributed by atoms with E-state index in [-0.39, 0.29) is 18.3 Å². The Hall–Kier alpha value is -1.44. The van der Waals surface area contributed by atoms with Crippen molar-refractivity contribution in [2.75, 3.05) is 6.54 Å². The van der Waals surface area contributed by atoms with Crippen LogP contribution in [0.5, 0.6) is 0 Å². The smallest absolute Gasteiger partial charge is 0.270 e. The van der Waals surface area contributed by atoms with Crippen molar-refractivity contribution in [3.63, 3.8) is 0 Å². The molecule has 0 fully saturated rings. The Morgan fingerprint density at radius 1 is 1.48 bits per heavy atom. The van der Waals surface area contributed by atoms with Crippen molar-refractivity contribution in [3.05, 3.63) is 33.5 Å². The van der Waals surface area contributed by atoms with Crippen LogP contribution in [0, 0.1) is 13.8 Å². The van der Waals surface area contributed by atoms with Gasteiger partial charge in [0.05, 0.1) is 5.69 Å². The summed E-state index contributed by atoms with van der Waals surface area (Å²) in [6.45, 7) is 5.78. The highest BCUT2D eigenvalue weighted by molar-refractivity contribution is 7.09. The molecule has 1 amide bonds. The molecule has 2 heterocycles. The summed E-state index contributed by atoms with van der Waals surface area (Å²) >= 11 is 1.41. The predicted octanol–water partition coefficient (Wildman–Crippen LogP) is 1.66. The van der Waals surface area contributed by atoms with Crippen molar-refractivity contribution in [1.29, 1.82) is 0 Å². The summed E-state index contributed by atoms with van der Waals surface area (Å²) in [4.78, 5) is 16.0. The molecule has 6 nitrogen and oxygen atoms in total. The third kappa shape index (κ3) is 4.80. The highest BCUT2D eigenvalue weighted by atomic mass is 35.5. The van der Waals surface area contributed by atoms with E-state index >= 15 is 0 Å². The van der Waals surface area contributed by atoms with Gasteiger partial charge in [0.2, 0.25) is 0 Å². The van der Waals surface area contributed by atoms with E-state index in [4.69, 9.17) is 5.73 Å². The van der Waals surface area contributed by atoms with E-state index in [0.29, 0.717) is 18.8 Å². The molecule has 8 heteroatoms. The van der Waals surface area contributed by atoms with E-state index in [9.17, 15) is 4.79 Å². The fraction of sp³-hybridized carbons (Fsp3) is 0.462. The first-order valence-electron chi connectivity index (χ1n) is 6.54. The molecule has 0 spiro atoms. The number of hydrogen-bond donors (Lipinski definition) is 2. The van der Waals surface area contributed by atoms with Crippen molar-refractivity contribution in [2.45, 2.75) is 33.4 Å². The van der Waals surface area contributed by atoms with Crippen LogP contribution in [0.2, 0.25) is 0 Å². The molecule has 2 rings (SSSR count). The summed E-state index contributed by atoms with van der Waals surface area (Å²) in [6, 6.07) is 2.04. The molecule has 0 saturated heterocycles. The Labute approximate surface area is 134 Å². The number of nitrogens with two attached hydrogens (primary N) is 1. The van der Waals surface area contributed by atoms with Gasteiger partial charge in [-0.25, -0.2) is 4.98 Å². The fourth-order valence-electron chi connectivity index (χ4n) is 1.93. The van der Waals surface area contributed by atoms with E-state index in [0.717, 1.165) is 29.4 Å². The number of rotatable bonds is 6. The van der Waals surface area contributed by atoms with Gasteiger partial charge in [0, 0.05) is 30.7 Å². The van der Waals surface area contributed by atoms with E-state index in [1.54, 1.807) is 5.38 Å². The SMILES string of the molecule is Cc1cc(C)n(CCCNC(=O)c2csc(CN)n2)n1.Cl. The molecule has 0 atom stereocenters. The van der Waals surface area contributed by atoms with Gasteiger partial charge in [0.15, 0.2) is 0 Å². The van der Waals surface area contributed by atoms with Gasteiger partial charge in [-0.1, -0.05) is 0 Å². The summed E-state index contributed by atoms with van der Waals surface area (Å²) in [5.41, 5.74) is 8.07. The second-order valence-electron chi connectivity index (χ2n) is 4.59. The molecule has 2 aromatic rings. The van der Waals surface area contributed by atoms with Crippen molar-refractivity contribution >= 4 is 29.7 Å². The first-order valence-corrected chi connectivity index (χ1v) is 7.42. The number of thiazole rings is 1. The summed E-state index contributed by atoms with van der Waals surface area (Å²) in [5.74, 6) is -0.144. The minimum absolute atomic E-state index is 0. The van der Waals surface area contributed by atoms with Crippen LogP contribution in [0.3, 0.4) is 0 Å². The molecule has 3 N–H and O–H groups in total. The highest BCUT2D eigenvalue weighted by Crippen LogP contribution is 2.08. The topological polar surface area (TPSA) is 85.8 Å². The minimum Gasteiger partial charge on any atom is -0.351 e. The molecule has 0 aliphatic rings. The summed E-state index contributed by atoms with van der Waals surface area (Å²) < 4.78 is 1.96. The summed E-state index contributed by atoms with van der Waals surface area (Å²) in [7, 11) is 0. The molecule has 116 valence electrons. The van der Waals surface area contributed by atoms with Crippen molar-refractivity contribution in [2.24, 2.45) is 5.73 Å². The Kier molecular flexibility index (Phi) is 6.80. The lowest BCUT2D eigenvalue weighted by Crippen LogP contribution is -2.25. The lowest BCUT2D eigenvalue weighted by atomic mass is 10.3. The zero-order chi connectivity index (χ0) is 14.5. The van der Waals surface area contributed by atoms with E-state index < -0.39 is 0 Å². The van der Waals surface area contributed by atoms with Gasteiger partial charge in [0.1, 0.15) is 10.7 Å². The van der Waals surface area contributed by atoms with Crippen LogP contribution in [0.15, 0.2) is 11.4 Å². The normalized spacial score (nSPS) is 10.2. The molecule has 0 radical (unpaired) electrons. The average molecular weight is 330 g/mol. The number of halogens is 1. The maximum absolute atomic E-state index is 11.8.